The maximum Gasteiger partial charge on any atom is 0.266 e. The molecule has 0 saturated carbocycles. The van der Waals surface area contributed by atoms with Crippen molar-refractivity contribution in [2.75, 3.05) is 6.54 Å². The molecule has 0 unspecified atom stereocenters. The number of piperidine rings is 1. The first-order chi connectivity index (χ1) is 13.5. The third-order valence-electron chi connectivity index (χ3n) is 5.16. The number of nitrogens with zero attached hydrogens (tertiary/aromatic N) is 5. The summed E-state index contributed by atoms with van der Waals surface area (Å²) in [6.45, 7) is 8.33. The molecule has 0 aromatic carbocycles. The molecule has 1 fully saturated rings. The third kappa shape index (κ3) is 3.32. The lowest BCUT2D eigenvalue weighted by molar-refractivity contribution is 0.0604. The number of thiazole rings is 1. The van der Waals surface area contributed by atoms with Crippen molar-refractivity contribution >= 4 is 17.2 Å². The van der Waals surface area contributed by atoms with Gasteiger partial charge in [-0.3, -0.25) is 4.79 Å². The Hall–Kier alpha value is -2.61. The summed E-state index contributed by atoms with van der Waals surface area (Å²) in [7, 11) is 0. The van der Waals surface area contributed by atoms with Gasteiger partial charge in [-0.1, -0.05) is 5.16 Å². The molecule has 4 rings (SSSR count). The maximum absolute atomic E-state index is 13.2. The molecule has 3 aromatic heterocycles. The molecule has 4 heterocycles. The number of rotatable bonds is 3. The second-order valence-electron chi connectivity index (χ2n) is 7.23. The summed E-state index contributed by atoms with van der Waals surface area (Å²) in [5.41, 5.74) is 5.87. The topological polar surface area (TPSA) is 85.0 Å². The van der Waals surface area contributed by atoms with Crippen LogP contribution in [-0.4, -0.2) is 37.5 Å². The predicted molar refractivity (Wildman–Crippen MR) is 106 cm³/mol. The van der Waals surface area contributed by atoms with E-state index in [4.69, 9.17) is 14.5 Å². The van der Waals surface area contributed by atoms with E-state index in [9.17, 15) is 4.79 Å². The molecule has 0 aliphatic carbocycles. The molecule has 0 spiro atoms. The van der Waals surface area contributed by atoms with Crippen LogP contribution in [-0.2, 0) is 0 Å². The van der Waals surface area contributed by atoms with Gasteiger partial charge in [-0.05, 0) is 53.0 Å². The van der Waals surface area contributed by atoms with Crippen molar-refractivity contribution < 1.29 is 9.32 Å². The molecule has 1 aliphatic rings. The highest BCUT2D eigenvalue weighted by molar-refractivity contribution is 7.11. The van der Waals surface area contributed by atoms with E-state index in [1.807, 2.05) is 38.7 Å². The van der Waals surface area contributed by atoms with Crippen molar-refractivity contribution in [1.29, 1.82) is 0 Å². The zero-order chi connectivity index (χ0) is 19.8. The Morgan fingerprint density at radius 1 is 1.18 bits per heavy atom. The van der Waals surface area contributed by atoms with E-state index in [0.29, 0.717) is 17.2 Å². The second-order valence-corrected chi connectivity index (χ2v) is 8.08. The minimum absolute atomic E-state index is 0.0219. The summed E-state index contributed by atoms with van der Waals surface area (Å²) in [6, 6.07) is 1.81. The molecule has 1 aliphatic heterocycles. The van der Waals surface area contributed by atoms with Crippen molar-refractivity contribution in [2.45, 2.75) is 53.0 Å². The van der Waals surface area contributed by atoms with Crippen LogP contribution in [0.3, 0.4) is 0 Å². The van der Waals surface area contributed by atoms with E-state index >= 15 is 0 Å². The van der Waals surface area contributed by atoms with E-state index in [1.54, 1.807) is 5.51 Å². The van der Waals surface area contributed by atoms with Crippen molar-refractivity contribution in [2.24, 2.45) is 0 Å². The molecule has 0 N–H and O–H groups in total. The Morgan fingerprint density at radius 3 is 2.68 bits per heavy atom. The number of aryl methyl sites for hydroxylation is 4. The second kappa shape index (κ2) is 7.43. The fourth-order valence-corrected chi connectivity index (χ4v) is 4.56. The molecule has 0 radical (unpaired) electrons. The minimum Gasteiger partial charge on any atom is -0.361 e. The Morgan fingerprint density at radius 2 is 2.00 bits per heavy atom. The molecule has 1 amide bonds. The summed E-state index contributed by atoms with van der Waals surface area (Å²) in [4.78, 5) is 29.6. The number of carbonyl (C=O) groups excluding carboxylic acids is 1. The van der Waals surface area contributed by atoms with Gasteiger partial charge in [0.15, 0.2) is 5.82 Å². The third-order valence-corrected chi connectivity index (χ3v) is 6.08. The van der Waals surface area contributed by atoms with Gasteiger partial charge in [-0.25, -0.2) is 15.0 Å². The molecule has 1 saturated heterocycles. The average Bonchev–Trinajstić information content (AvgIpc) is 3.25. The zero-order valence-corrected chi connectivity index (χ0v) is 17.3. The van der Waals surface area contributed by atoms with Crippen LogP contribution in [0.4, 0.5) is 0 Å². The lowest BCUT2D eigenvalue weighted by Gasteiger charge is -2.34. The van der Waals surface area contributed by atoms with E-state index in [0.717, 1.165) is 53.4 Å². The van der Waals surface area contributed by atoms with Gasteiger partial charge in [0.2, 0.25) is 0 Å². The fourth-order valence-electron chi connectivity index (χ4n) is 3.80. The maximum atomic E-state index is 13.2. The van der Waals surface area contributed by atoms with Crippen LogP contribution in [0.15, 0.2) is 16.1 Å². The number of hydrogen-bond donors (Lipinski definition) is 0. The number of aromatic nitrogens is 4. The fraction of sp³-hybridized carbons (Fsp3) is 0.450. The average molecular weight is 398 g/mol. The highest BCUT2D eigenvalue weighted by Gasteiger charge is 2.32. The van der Waals surface area contributed by atoms with Crippen LogP contribution in [0.25, 0.3) is 11.3 Å². The van der Waals surface area contributed by atoms with E-state index in [1.165, 1.54) is 11.3 Å². The van der Waals surface area contributed by atoms with Crippen molar-refractivity contribution in [3.8, 4) is 11.3 Å². The molecule has 1 atom stereocenters. The number of carbonyl (C=O) groups is 1. The zero-order valence-electron chi connectivity index (χ0n) is 16.5. The highest BCUT2D eigenvalue weighted by atomic mass is 32.1. The van der Waals surface area contributed by atoms with Gasteiger partial charge in [-0.2, -0.15) is 0 Å². The molecular weight excluding hydrogens is 374 g/mol. The van der Waals surface area contributed by atoms with Crippen LogP contribution < -0.4 is 0 Å². The summed E-state index contributed by atoms with van der Waals surface area (Å²) < 4.78 is 5.32. The molecule has 7 nitrogen and oxygen atoms in total. The first-order valence-electron chi connectivity index (χ1n) is 9.45. The molecule has 8 heteroatoms. The summed E-state index contributed by atoms with van der Waals surface area (Å²) >= 11 is 1.39. The number of amides is 1. The van der Waals surface area contributed by atoms with Gasteiger partial charge < -0.3 is 9.42 Å². The molecule has 146 valence electrons. The van der Waals surface area contributed by atoms with E-state index in [2.05, 4.69) is 10.1 Å². The molecule has 28 heavy (non-hydrogen) atoms. The number of hydrogen-bond acceptors (Lipinski definition) is 7. The first-order valence-corrected chi connectivity index (χ1v) is 10.3. The summed E-state index contributed by atoms with van der Waals surface area (Å²) in [5.74, 6) is 1.44. The van der Waals surface area contributed by atoms with Crippen molar-refractivity contribution in [1.82, 2.24) is 25.0 Å². The first kappa shape index (κ1) is 18.7. The van der Waals surface area contributed by atoms with Crippen molar-refractivity contribution in [3.63, 3.8) is 0 Å². The molecular formula is C20H23N5O2S. The van der Waals surface area contributed by atoms with Gasteiger partial charge in [-0.15, -0.1) is 11.3 Å². The Kier molecular flexibility index (Phi) is 4.97. The van der Waals surface area contributed by atoms with Gasteiger partial charge in [0.1, 0.15) is 10.6 Å². The molecule has 0 bridgehead atoms. The highest BCUT2D eigenvalue weighted by Crippen LogP contribution is 2.33. The lowest BCUT2D eigenvalue weighted by atomic mass is 10.00. The van der Waals surface area contributed by atoms with Gasteiger partial charge in [0.25, 0.3) is 5.91 Å². The van der Waals surface area contributed by atoms with E-state index < -0.39 is 0 Å². The van der Waals surface area contributed by atoms with Gasteiger partial charge in [0.05, 0.1) is 34.2 Å². The van der Waals surface area contributed by atoms with Crippen molar-refractivity contribution in [3.05, 3.63) is 45.1 Å². The monoisotopic (exact) mass is 397 g/mol. The van der Waals surface area contributed by atoms with Gasteiger partial charge >= 0.3 is 0 Å². The Labute approximate surface area is 167 Å². The lowest BCUT2D eigenvalue weighted by Crippen LogP contribution is -2.39. The standard InChI is InChI=1S/C20H23N5O2S/c1-11-9-15(17-12(2)24-27-14(17)4)23-19(22-11)16-7-5-6-8-25(16)20(26)18-13(3)21-10-28-18/h9-10,16H,5-8H2,1-4H3/t16-/m1/s1. The quantitative estimate of drug-likeness (QED) is 0.659. The van der Waals surface area contributed by atoms with Crippen LogP contribution in [0.1, 0.15) is 63.6 Å². The van der Waals surface area contributed by atoms with Crippen LogP contribution in [0, 0.1) is 27.7 Å². The predicted octanol–water partition coefficient (Wildman–Crippen LogP) is 4.19. The van der Waals surface area contributed by atoms with Crippen LogP contribution >= 0.6 is 11.3 Å². The summed E-state index contributed by atoms with van der Waals surface area (Å²) in [6.07, 6.45) is 2.89. The smallest absolute Gasteiger partial charge is 0.266 e. The Balaban J connectivity index is 1.74. The largest absolute Gasteiger partial charge is 0.361 e. The van der Waals surface area contributed by atoms with Gasteiger partial charge in [0, 0.05) is 12.2 Å². The van der Waals surface area contributed by atoms with Crippen LogP contribution in [0.2, 0.25) is 0 Å². The number of likely N-dealkylation sites (tertiary alicyclic amines) is 1. The normalized spacial score (nSPS) is 17.1. The van der Waals surface area contributed by atoms with E-state index in [-0.39, 0.29) is 11.9 Å². The SMILES string of the molecule is Cc1cc(-c2c(C)noc2C)nc([C@H]2CCCCN2C(=O)c2scnc2C)n1. The molecule has 3 aromatic rings. The summed E-state index contributed by atoms with van der Waals surface area (Å²) in [5, 5.41) is 4.05. The minimum atomic E-state index is -0.137. The Bertz CT molecular complexity index is 1010. The van der Waals surface area contributed by atoms with Crippen LogP contribution in [0.5, 0.6) is 0 Å².